The Morgan fingerprint density at radius 1 is 1.48 bits per heavy atom. The number of carboxylic acid groups (broad SMARTS) is 1. The van der Waals surface area contributed by atoms with Crippen LogP contribution in [0.3, 0.4) is 0 Å². The van der Waals surface area contributed by atoms with Gasteiger partial charge in [-0.25, -0.2) is 8.78 Å². The van der Waals surface area contributed by atoms with E-state index in [4.69, 9.17) is 0 Å². The summed E-state index contributed by atoms with van der Waals surface area (Å²) < 4.78 is 27.4. The Morgan fingerprint density at radius 2 is 2.13 bits per heavy atom. The molecule has 0 amide bonds. The molecule has 23 heavy (non-hydrogen) atoms. The van der Waals surface area contributed by atoms with Crippen LogP contribution in [0.4, 0.5) is 8.78 Å². The van der Waals surface area contributed by atoms with Crippen LogP contribution in [0.2, 0.25) is 0 Å². The van der Waals surface area contributed by atoms with Crippen LogP contribution in [-0.2, 0) is 11.3 Å². The molecule has 3 rings (SSSR count). The average Bonchev–Trinajstić information content (AvgIpc) is 2.93. The van der Waals surface area contributed by atoms with Crippen molar-refractivity contribution in [3.8, 4) is 0 Å². The fourth-order valence-electron chi connectivity index (χ4n) is 3.27. The summed E-state index contributed by atoms with van der Waals surface area (Å²) in [6.45, 7) is 5.54. The fourth-order valence-corrected chi connectivity index (χ4v) is 3.27. The third kappa shape index (κ3) is 3.15. The third-order valence-corrected chi connectivity index (χ3v) is 4.96. The molecule has 1 unspecified atom stereocenters. The summed E-state index contributed by atoms with van der Waals surface area (Å²) in [6, 6.07) is 0.960. The molecule has 1 aliphatic heterocycles. The van der Waals surface area contributed by atoms with Crippen molar-refractivity contribution in [3.05, 3.63) is 30.6 Å². The molecule has 1 aromatic heterocycles. The molecule has 1 aromatic rings. The second-order valence-corrected chi connectivity index (χ2v) is 6.62. The molecular formula is C16H21F2N3O2. The van der Waals surface area contributed by atoms with Crippen LogP contribution in [0.15, 0.2) is 24.9 Å². The van der Waals surface area contributed by atoms with Gasteiger partial charge in [0.1, 0.15) is 6.04 Å². The van der Waals surface area contributed by atoms with Crippen LogP contribution < -0.4 is 0 Å². The zero-order valence-corrected chi connectivity index (χ0v) is 12.9. The van der Waals surface area contributed by atoms with Crippen LogP contribution in [0.1, 0.15) is 37.4 Å². The summed E-state index contributed by atoms with van der Waals surface area (Å²) in [5, 5.41) is 13.7. The molecule has 2 heterocycles. The maximum Gasteiger partial charge on any atom is 0.310 e. The number of rotatable bonds is 6. The maximum absolute atomic E-state index is 13.0. The second kappa shape index (κ2) is 5.70. The van der Waals surface area contributed by atoms with Crippen molar-refractivity contribution in [2.45, 2.75) is 44.2 Å². The summed E-state index contributed by atoms with van der Waals surface area (Å²) in [4.78, 5) is 13.7. The van der Waals surface area contributed by atoms with Gasteiger partial charge in [-0.15, -0.1) is 6.58 Å². The van der Waals surface area contributed by atoms with E-state index in [1.807, 2.05) is 0 Å². The topological polar surface area (TPSA) is 58.4 Å². The van der Waals surface area contributed by atoms with E-state index in [1.165, 1.54) is 4.68 Å². The highest BCUT2D eigenvalue weighted by atomic mass is 19.3. The molecule has 0 aromatic carbocycles. The minimum absolute atomic E-state index is 0.138. The van der Waals surface area contributed by atoms with Gasteiger partial charge in [0.25, 0.3) is 5.92 Å². The van der Waals surface area contributed by atoms with E-state index in [0.717, 1.165) is 5.69 Å². The summed E-state index contributed by atoms with van der Waals surface area (Å²) >= 11 is 0. The molecule has 1 saturated heterocycles. The number of hydrogen-bond donors (Lipinski definition) is 1. The number of likely N-dealkylation sites (tertiary alicyclic amines) is 1. The Morgan fingerprint density at radius 3 is 2.65 bits per heavy atom. The molecule has 1 N–H and O–H groups in total. The summed E-state index contributed by atoms with van der Waals surface area (Å²) in [6.07, 6.45) is 4.74. The van der Waals surface area contributed by atoms with Crippen molar-refractivity contribution in [2.75, 3.05) is 13.1 Å². The Kier molecular flexibility index (Phi) is 4.00. The van der Waals surface area contributed by atoms with Crippen molar-refractivity contribution in [2.24, 2.45) is 5.41 Å². The standard InChI is InChI=1S/C16H21F2N3O2/c1-2-4-15(14(22)23)5-8-20(9-6-15)11-12-3-7-21(19-12)13-10-16(13,17)18/h2-3,7,13H,1,4-6,8-11H2,(H,22,23). The SMILES string of the molecule is C=CCC1(C(=O)O)CCN(Cc2ccn(C3CC3(F)F)n2)CC1. The van der Waals surface area contributed by atoms with Gasteiger partial charge in [0.2, 0.25) is 0 Å². The quantitative estimate of drug-likeness (QED) is 0.817. The summed E-state index contributed by atoms with van der Waals surface area (Å²) in [5.41, 5.74) is 0.0347. The molecular weight excluding hydrogens is 304 g/mol. The van der Waals surface area contributed by atoms with Gasteiger partial charge in [0, 0.05) is 19.2 Å². The highest BCUT2D eigenvalue weighted by Gasteiger charge is 2.59. The monoisotopic (exact) mass is 325 g/mol. The third-order valence-electron chi connectivity index (χ3n) is 4.96. The minimum Gasteiger partial charge on any atom is -0.481 e. The number of hydrogen-bond acceptors (Lipinski definition) is 3. The highest BCUT2D eigenvalue weighted by molar-refractivity contribution is 5.75. The molecule has 1 saturated carbocycles. The van der Waals surface area contributed by atoms with Crippen LogP contribution in [0.5, 0.6) is 0 Å². The van der Waals surface area contributed by atoms with Crippen molar-refractivity contribution < 1.29 is 18.7 Å². The molecule has 1 aliphatic carbocycles. The first kappa shape index (κ1) is 16.1. The fraction of sp³-hybridized carbons (Fsp3) is 0.625. The lowest BCUT2D eigenvalue weighted by Gasteiger charge is -2.38. The van der Waals surface area contributed by atoms with Gasteiger partial charge in [-0.05, 0) is 38.4 Å². The van der Waals surface area contributed by atoms with Gasteiger partial charge in [0.15, 0.2) is 0 Å². The minimum atomic E-state index is -2.62. The van der Waals surface area contributed by atoms with E-state index in [1.54, 1.807) is 18.3 Å². The van der Waals surface area contributed by atoms with Crippen molar-refractivity contribution in [3.63, 3.8) is 0 Å². The highest BCUT2D eigenvalue weighted by Crippen LogP contribution is 2.52. The first-order valence-electron chi connectivity index (χ1n) is 7.85. The van der Waals surface area contributed by atoms with E-state index < -0.39 is 23.3 Å². The Balaban J connectivity index is 1.57. The molecule has 1 atom stereocenters. The molecule has 2 fully saturated rings. The van der Waals surface area contributed by atoms with Gasteiger partial charge in [-0.1, -0.05) is 6.08 Å². The van der Waals surface area contributed by atoms with Crippen LogP contribution >= 0.6 is 0 Å². The van der Waals surface area contributed by atoms with Crippen LogP contribution in [0, 0.1) is 5.41 Å². The normalized spacial score (nSPS) is 25.9. The Labute approximate surface area is 133 Å². The first-order chi connectivity index (χ1) is 10.9. The Bertz CT molecular complexity index is 606. The number of carboxylic acids is 1. The van der Waals surface area contributed by atoms with Crippen molar-refractivity contribution in [1.82, 2.24) is 14.7 Å². The van der Waals surface area contributed by atoms with Gasteiger partial charge < -0.3 is 5.11 Å². The molecule has 126 valence electrons. The van der Waals surface area contributed by atoms with E-state index in [9.17, 15) is 18.7 Å². The van der Waals surface area contributed by atoms with E-state index in [-0.39, 0.29) is 6.42 Å². The lowest BCUT2D eigenvalue weighted by atomic mass is 9.75. The maximum atomic E-state index is 13.0. The number of aliphatic carboxylic acids is 1. The van der Waals surface area contributed by atoms with Crippen molar-refractivity contribution in [1.29, 1.82) is 0 Å². The summed E-state index contributed by atoms with van der Waals surface area (Å²) in [7, 11) is 0. The number of carbonyl (C=O) groups is 1. The molecule has 2 aliphatic rings. The van der Waals surface area contributed by atoms with Gasteiger partial charge in [-0.2, -0.15) is 5.10 Å². The van der Waals surface area contributed by atoms with Gasteiger partial charge in [0.05, 0.1) is 11.1 Å². The number of allylic oxidation sites excluding steroid dienone is 1. The lowest BCUT2D eigenvalue weighted by Crippen LogP contribution is -2.43. The number of halogens is 2. The predicted octanol–water partition coefficient (Wildman–Crippen LogP) is 2.71. The van der Waals surface area contributed by atoms with Crippen LogP contribution in [0.25, 0.3) is 0 Å². The number of aromatic nitrogens is 2. The zero-order chi connectivity index (χ0) is 16.7. The van der Waals surface area contributed by atoms with E-state index in [0.29, 0.717) is 38.9 Å². The van der Waals surface area contributed by atoms with Crippen molar-refractivity contribution >= 4 is 5.97 Å². The second-order valence-electron chi connectivity index (χ2n) is 6.62. The lowest BCUT2D eigenvalue weighted by molar-refractivity contribution is -0.152. The van der Waals surface area contributed by atoms with Crippen LogP contribution in [-0.4, -0.2) is 44.8 Å². The predicted molar refractivity (Wildman–Crippen MR) is 80.2 cm³/mol. The molecule has 0 spiro atoms. The zero-order valence-electron chi connectivity index (χ0n) is 12.9. The smallest absolute Gasteiger partial charge is 0.310 e. The largest absolute Gasteiger partial charge is 0.481 e. The molecule has 0 bridgehead atoms. The Hall–Kier alpha value is -1.76. The average molecular weight is 325 g/mol. The molecule has 7 heteroatoms. The number of piperidine rings is 1. The van der Waals surface area contributed by atoms with Gasteiger partial charge >= 0.3 is 5.97 Å². The summed E-state index contributed by atoms with van der Waals surface area (Å²) in [5.74, 6) is -3.39. The molecule has 5 nitrogen and oxygen atoms in total. The first-order valence-corrected chi connectivity index (χ1v) is 7.85. The number of nitrogens with zero attached hydrogens (tertiary/aromatic N) is 3. The van der Waals surface area contributed by atoms with E-state index >= 15 is 0 Å². The molecule has 0 radical (unpaired) electrons. The number of alkyl halides is 2. The van der Waals surface area contributed by atoms with Gasteiger partial charge in [-0.3, -0.25) is 14.4 Å². The van der Waals surface area contributed by atoms with E-state index in [2.05, 4.69) is 16.6 Å².